The molecule has 0 aliphatic heterocycles. The lowest BCUT2D eigenvalue weighted by Gasteiger charge is -2.18. The molecule has 0 atom stereocenters. The van der Waals surface area contributed by atoms with Crippen LogP contribution < -0.4 is 4.74 Å². The van der Waals surface area contributed by atoms with Crippen LogP contribution in [0.5, 0.6) is 5.75 Å². The first kappa shape index (κ1) is 11.8. The minimum absolute atomic E-state index is 0.296. The van der Waals surface area contributed by atoms with E-state index in [2.05, 4.69) is 4.74 Å². The molecule has 0 saturated carbocycles. The van der Waals surface area contributed by atoms with Gasteiger partial charge >= 0.3 is 6.36 Å². The third kappa shape index (κ3) is 3.79. The minimum Gasteiger partial charge on any atom is -0.406 e. The molecule has 84 valence electrons. The minimum atomic E-state index is -4.68. The summed E-state index contributed by atoms with van der Waals surface area (Å²) in [5.41, 5.74) is -0.548. The van der Waals surface area contributed by atoms with E-state index in [0.29, 0.717) is 5.56 Å². The lowest BCUT2D eigenvalue weighted by molar-refractivity contribution is -0.274. The molecule has 0 aliphatic rings. The second kappa shape index (κ2) is 3.73. The summed E-state index contributed by atoms with van der Waals surface area (Å²) in [5.74, 6) is -0.296. The van der Waals surface area contributed by atoms with Gasteiger partial charge in [-0.15, -0.1) is 13.2 Å². The zero-order valence-corrected chi connectivity index (χ0v) is 8.30. The van der Waals surface area contributed by atoms with Crippen LogP contribution in [0.1, 0.15) is 19.4 Å². The van der Waals surface area contributed by atoms with Gasteiger partial charge in [0, 0.05) is 0 Å². The molecule has 1 rings (SSSR count). The fourth-order valence-electron chi connectivity index (χ4n) is 1.06. The molecule has 0 radical (unpaired) electrons. The molecule has 15 heavy (non-hydrogen) atoms. The number of rotatable bonds is 2. The Balaban J connectivity index is 2.82. The van der Waals surface area contributed by atoms with Gasteiger partial charge in [-0.05, 0) is 31.5 Å². The van der Waals surface area contributed by atoms with Crippen LogP contribution >= 0.6 is 0 Å². The van der Waals surface area contributed by atoms with Gasteiger partial charge in [0.15, 0.2) is 0 Å². The number of hydrogen-bond acceptors (Lipinski definition) is 2. The van der Waals surface area contributed by atoms with Crippen molar-refractivity contribution in [3.8, 4) is 5.75 Å². The van der Waals surface area contributed by atoms with Crippen LogP contribution in [-0.4, -0.2) is 11.5 Å². The Morgan fingerprint density at radius 2 is 1.53 bits per heavy atom. The molecule has 1 aromatic rings. The van der Waals surface area contributed by atoms with E-state index in [9.17, 15) is 18.3 Å². The highest BCUT2D eigenvalue weighted by Crippen LogP contribution is 2.26. The maximum absolute atomic E-state index is 11.8. The molecule has 1 aromatic carbocycles. The Morgan fingerprint density at radius 1 is 1.07 bits per heavy atom. The topological polar surface area (TPSA) is 29.5 Å². The lowest BCUT2D eigenvalue weighted by atomic mass is 9.99. The van der Waals surface area contributed by atoms with Crippen molar-refractivity contribution in [1.29, 1.82) is 0 Å². The predicted molar refractivity (Wildman–Crippen MR) is 48.4 cm³/mol. The summed E-state index contributed by atoms with van der Waals surface area (Å²) < 4.78 is 39.1. The Kier molecular flexibility index (Phi) is 2.95. The van der Waals surface area contributed by atoms with E-state index in [1.165, 1.54) is 24.3 Å². The lowest BCUT2D eigenvalue weighted by Crippen LogP contribution is -2.18. The van der Waals surface area contributed by atoms with Crippen LogP contribution in [-0.2, 0) is 5.60 Å². The smallest absolute Gasteiger partial charge is 0.406 e. The van der Waals surface area contributed by atoms with Crippen molar-refractivity contribution in [1.82, 2.24) is 0 Å². The van der Waals surface area contributed by atoms with Crippen LogP contribution in [0.4, 0.5) is 13.2 Å². The number of halogens is 3. The number of aliphatic hydroxyl groups is 1. The fourth-order valence-corrected chi connectivity index (χ4v) is 1.06. The highest BCUT2D eigenvalue weighted by Gasteiger charge is 2.31. The standard InChI is InChI=1S/C10H11F3O2/c1-9(2,14)7-3-5-8(6-4-7)15-10(11,12)13/h3-6,14H,1-2H3. The summed E-state index contributed by atoms with van der Waals surface area (Å²) in [5, 5.41) is 9.55. The van der Waals surface area contributed by atoms with Gasteiger partial charge in [-0.2, -0.15) is 0 Å². The molecule has 0 fully saturated rings. The average Bonchev–Trinajstić information content (AvgIpc) is 2.00. The van der Waals surface area contributed by atoms with Crippen molar-refractivity contribution >= 4 is 0 Å². The van der Waals surface area contributed by atoms with Gasteiger partial charge in [0.25, 0.3) is 0 Å². The first-order chi connectivity index (χ1) is 6.68. The van der Waals surface area contributed by atoms with E-state index in [4.69, 9.17) is 0 Å². The number of benzene rings is 1. The molecule has 0 bridgehead atoms. The Labute approximate surface area is 85.3 Å². The van der Waals surface area contributed by atoms with Crippen LogP contribution in [0.25, 0.3) is 0 Å². The molecule has 2 nitrogen and oxygen atoms in total. The van der Waals surface area contributed by atoms with Crippen molar-refractivity contribution in [3.05, 3.63) is 29.8 Å². The zero-order chi connectivity index (χ0) is 11.7. The van der Waals surface area contributed by atoms with E-state index >= 15 is 0 Å². The van der Waals surface area contributed by atoms with Crippen LogP contribution in [0.3, 0.4) is 0 Å². The fraction of sp³-hybridized carbons (Fsp3) is 0.400. The van der Waals surface area contributed by atoms with E-state index < -0.39 is 12.0 Å². The molecular weight excluding hydrogens is 209 g/mol. The van der Waals surface area contributed by atoms with E-state index in [0.717, 1.165) is 0 Å². The zero-order valence-electron chi connectivity index (χ0n) is 8.30. The largest absolute Gasteiger partial charge is 0.573 e. The second-order valence-electron chi connectivity index (χ2n) is 3.63. The van der Waals surface area contributed by atoms with Gasteiger partial charge in [-0.3, -0.25) is 0 Å². The van der Waals surface area contributed by atoms with Gasteiger partial charge in [0.1, 0.15) is 5.75 Å². The molecule has 1 N–H and O–H groups in total. The van der Waals surface area contributed by atoms with Gasteiger partial charge in [0.2, 0.25) is 0 Å². The monoisotopic (exact) mass is 220 g/mol. The third-order valence-electron chi connectivity index (χ3n) is 1.79. The molecule has 0 saturated heterocycles. The number of ether oxygens (including phenoxy) is 1. The summed E-state index contributed by atoms with van der Waals surface area (Å²) in [6, 6.07) is 5.11. The Bertz CT molecular complexity index is 322. The van der Waals surface area contributed by atoms with Crippen molar-refractivity contribution in [3.63, 3.8) is 0 Å². The van der Waals surface area contributed by atoms with Gasteiger partial charge in [-0.25, -0.2) is 0 Å². The predicted octanol–water partition coefficient (Wildman–Crippen LogP) is 2.81. The van der Waals surface area contributed by atoms with Crippen molar-refractivity contribution in [2.45, 2.75) is 25.8 Å². The van der Waals surface area contributed by atoms with Crippen molar-refractivity contribution in [2.24, 2.45) is 0 Å². The molecular formula is C10H11F3O2. The molecule has 0 aromatic heterocycles. The Morgan fingerprint density at radius 3 is 1.87 bits per heavy atom. The quantitative estimate of drug-likeness (QED) is 0.830. The molecule has 0 amide bonds. The summed E-state index contributed by atoms with van der Waals surface area (Å²) in [6.45, 7) is 3.10. The van der Waals surface area contributed by atoms with E-state index in [1.807, 2.05) is 0 Å². The molecule has 0 heterocycles. The molecule has 0 unspecified atom stereocenters. The summed E-state index contributed by atoms with van der Waals surface area (Å²) in [6.07, 6.45) is -4.68. The van der Waals surface area contributed by atoms with Crippen molar-refractivity contribution in [2.75, 3.05) is 0 Å². The first-order valence-electron chi connectivity index (χ1n) is 4.27. The Hall–Kier alpha value is -1.23. The van der Waals surface area contributed by atoms with E-state index in [-0.39, 0.29) is 5.75 Å². The SMILES string of the molecule is CC(C)(O)c1ccc(OC(F)(F)F)cc1. The number of alkyl halides is 3. The number of hydrogen-bond donors (Lipinski definition) is 1. The maximum atomic E-state index is 11.8. The van der Waals surface area contributed by atoms with Crippen molar-refractivity contribution < 1.29 is 23.0 Å². The highest BCUT2D eigenvalue weighted by molar-refractivity contribution is 5.30. The van der Waals surface area contributed by atoms with Gasteiger partial charge < -0.3 is 9.84 Å². The summed E-state index contributed by atoms with van der Waals surface area (Å²) in [4.78, 5) is 0. The van der Waals surface area contributed by atoms with E-state index in [1.54, 1.807) is 13.8 Å². The summed E-state index contributed by atoms with van der Waals surface area (Å²) >= 11 is 0. The van der Waals surface area contributed by atoms with Crippen LogP contribution in [0, 0.1) is 0 Å². The third-order valence-corrected chi connectivity index (χ3v) is 1.79. The normalized spacial score (nSPS) is 12.7. The van der Waals surface area contributed by atoms with Crippen LogP contribution in [0.2, 0.25) is 0 Å². The molecule has 0 spiro atoms. The molecule has 0 aliphatic carbocycles. The highest BCUT2D eigenvalue weighted by atomic mass is 19.4. The second-order valence-corrected chi connectivity index (χ2v) is 3.63. The average molecular weight is 220 g/mol. The maximum Gasteiger partial charge on any atom is 0.573 e. The van der Waals surface area contributed by atoms with Gasteiger partial charge in [0.05, 0.1) is 5.60 Å². The molecule has 5 heteroatoms. The first-order valence-corrected chi connectivity index (χ1v) is 4.27. The van der Waals surface area contributed by atoms with Gasteiger partial charge in [-0.1, -0.05) is 12.1 Å². The summed E-state index contributed by atoms with van der Waals surface area (Å²) in [7, 11) is 0. The van der Waals surface area contributed by atoms with Crippen LogP contribution in [0.15, 0.2) is 24.3 Å².